The highest BCUT2D eigenvalue weighted by Gasteiger charge is 2.09. The minimum absolute atomic E-state index is 0.496. The van der Waals surface area contributed by atoms with Crippen LogP contribution in [0.15, 0.2) is 48.5 Å². The molecule has 0 amide bonds. The maximum atomic E-state index is 5.86. The molecule has 24 heavy (non-hydrogen) atoms. The van der Waals surface area contributed by atoms with Gasteiger partial charge in [0.25, 0.3) is 0 Å². The summed E-state index contributed by atoms with van der Waals surface area (Å²) in [5, 5.41) is 3.22. The summed E-state index contributed by atoms with van der Waals surface area (Å²) in [6.07, 6.45) is 0.909. The van der Waals surface area contributed by atoms with Crippen molar-refractivity contribution in [1.29, 1.82) is 0 Å². The Balaban J connectivity index is 1.97. The SMILES string of the molecule is COCCCNC(=S)c1ccc(OCc2ccccc2)c(OC)c1. The van der Waals surface area contributed by atoms with Gasteiger partial charge in [-0.25, -0.2) is 0 Å². The molecule has 0 aliphatic carbocycles. The van der Waals surface area contributed by atoms with Crippen LogP contribution in [0.3, 0.4) is 0 Å². The van der Waals surface area contributed by atoms with E-state index in [-0.39, 0.29) is 0 Å². The van der Waals surface area contributed by atoms with Gasteiger partial charge in [-0.3, -0.25) is 0 Å². The molecule has 1 N–H and O–H groups in total. The summed E-state index contributed by atoms with van der Waals surface area (Å²) in [6.45, 7) is 1.99. The van der Waals surface area contributed by atoms with Crippen molar-refractivity contribution in [3.8, 4) is 11.5 Å². The zero-order valence-corrected chi connectivity index (χ0v) is 14.9. The summed E-state index contributed by atoms with van der Waals surface area (Å²) in [7, 11) is 3.32. The molecule has 128 valence electrons. The molecule has 0 fully saturated rings. The van der Waals surface area contributed by atoms with Crippen molar-refractivity contribution >= 4 is 17.2 Å². The summed E-state index contributed by atoms with van der Waals surface area (Å²) >= 11 is 5.41. The number of rotatable bonds is 9. The normalized spacial score (nSPS) is 10.2. The predicted octanol–water partition coefficient (Wildman–Crippen LogP) is 3.58. The second-order valence-electron chi connectivity index (χ2n) is 5.24. The smallest absolute Gasteiger partial charge is 0.161 e. The summed E-state index contributed by atoms with van der Waals surface area (Å²) in [5.41, 5.74) is 2.02. The van der Waals surface area contributed by atoms with Gasteiger partial charge in [0.1, 0.15) is 11.6 Å². The third-order valence-corrected chi connectivity index (χ3v) is 3.85. The molecule has 2 aromatic rings. The summed E-state index contributed by atoms with van der Waals surface area (Å²) in [5.74, 6) is 1.37. The number of hydrogen-bond acceptors (Lipinski definition) is 4. The van der Waals surface area contributed by atoms with Crippen LogP contribution in [0.2, 0.25) is 0 Å². The van der Waals surface area contributed by atoms with Crippen molar-refractivity contribution in [3.05, 3.63) is 59.7 Å². The zero-order valence-electron chi connectivity index (χ0n) is 14.1. The maximum absolute atomic E-state index is 5.86. The fourth-order valence-corrected chi connectivity index (χ4v) is 2.41. The number of thiocarbonyl (C=S) groups is 1. The lowest BCUT2D eigenvalue weighted by molar-refractivity contribution is 0.196. The van der Waals surface area contributed by atoms with E-state index in [9.17, 15) is 0 Å². The molecule has 0 saturated carbocycles. The molecule has 0 atom stereocenters. The van der Waals surface area contributed by atoms with Gasteiger partial charge in [-0.05, 0) is 30.2 Å². The van der Waals surface area contributed by atoms with Crippen molar-refractivity contribution in [1.82, 2.24) is 5.32 Å². The van der Waals surface area contributed by atoms with Crippen LogP contribution in [-0.4, -0.2) is 32.4 Å². The summed E-state index contributed by atoms with van der Waals surface area (Å²) in [4.78, 5) is 0.694. The Morgan fingerprint density at radius 1 is 1.04 bits per heavy atom. The van der Waals surface area contributed by atoms with Gasteiger partial charge in [0.05, 0.1) is 7.11 Å². The van der Waals surface area contributed by atoms with Crippen molar-refractivity contribution < 1.29 is 14.2 Å². The summed E-state index contributed by atoms with van der Waals surface area (Å²) in [6, 6.07) is 15.7. The Kier molecular flexibility index (Phi) is 7.52. The average Bonchev–Trinajstić information content (AvgIpc) is 2.64. The second kappa shape index (κ2) is 9.90. The number of methoxy groups -OCH3 is 2. The van der Waals surface area contributed by atoms with E-state index in [1.54, 1.807) is 14.2 Å². The Morgan fingerprint density at radius 3 is 2.54 bits per heavy atom. The maximum Gasteiger partial charge on any atom is 0.161 e. The van der Waals surface area contributed by atoms with Crippen LogP contribution in [0.4, 0.5) is 0 Å². The molecular weight excluding hydrogens is 322 g/mol. The lowest BCUT2D eigenvalue weighted by atomic mass is 10.2. The van der Waals surface area contributed by atoms with Crippen molar-refractivity contribution in [2.24, 2.45) is 0 Å². The third kappa shape index (κ3) is 5.51. The van der Waals surface area contributed by atoms with E-state index in [1.165, 1.54) is 0 Å². The minimum Gasteiger partial charge on any atom is -0.493 e. The van der Waals surface area contributed by atoms with Crippen LogP contribution in [0.1, 0.15) is 17.5 Å². The molecule has 5 heteroatoms. The highest BCUT2D eigenvalue weighted by atomic mass is 32.1. The highest BCUT2D eigenvalue weighted by Crippen LogP contribution is 2.29. The molecule has 2 rings (SSSR count). The van der Waals surface area contributed by atoms with Gasteiger partial charge < -0.3 is 19.5 Å². The third-order valence-electron chi connectivity index (χ3n) is 3.47. The lowest BCUT2D eigenvalue weighted by Gasteiger charge is -2.13. The number of hydrogen-bond donors (Lipinski definition) is 1. The Labute approximate surface area is 148 Å². The quantitative estimate of drug-likeness (QED) is 0.556. The molecular formula is C19H23NO3S. The molecule has 0 aliphatic rings. The van der Waals surface area contributed by atoms with Gasteiger partial charge in [-0.1, -0.05) is 42.5 Å². The zero-order chi connectivity index (χ0) is 17.2. The van der Waals surface area contributed by atoms with Crippen molar-refractivity contribution in [2.45, 2.75) is 13.0 Å². The van der Waals surface area contributed by atoms with Crippen molar-refractivity contribution in [3.63, 3.8) is 0 Å². The minimum atomic E-state index is 0.496. The number of benzene rings is 2. The highest BCUT2D eigenvalue weighted by molar-refractivity contribution is 7.80. The lowest BCUT2D eigenvalue weighted by Crippen LogP contribution is -2.24. The number of ether oxygens (including phenoxy) is 3. The molecule has 0 aliphatic heterocycles. The van der Waals surface area contributed by atoms with Gasteiger partial charge in [0, 0.05) is 25.8 Å². The van der Waals surface area contributed by atoms with Gasteiger partial charge in [-0.15, -0.1) is 0 Å². The fourth-order valence-electron chi connectivity index (χ4n) is 2.18. The van der Waals surface area contributed by atoms with E-state index in [2.05, 4.69) is 5.32 Å². The number of nitrogens with one attached hydrogen (secondary N) is 1. The first-order chi connectivity index (χ1) is 11.7. The Bertz CT molecular complexity index is 646. The molecule has 0 heterocycles. The molecule has 0 radical (unpaired) electrons. The van der Waals surface area contributed by atoms with Crippen LogP contribution in [-0.2, 0) is 11.3 Å². The van der Waals surface area contributed by atoms with E-state index in [1.807, 2.05) is 48.5 Å². The van der Waals surface area contributed by atoms with Gasteiger partial charge in [-0.2, -0.15) is 0 Å². The first-order valence-electron chi connectivity index (χ1n) is 7.86. The molecule has 4 nitrogen and oxygen atoms in total. The van der Waals surface area contributed by atoms with E-state index < -0.39 is 0 Å². The van der Waals surface area contributed by atoms with Crippen LogP contribution < -0.4 is 14.8 Å². The second-order valence-corrected chi connectivity index (χ2v) is 5.65. The first-order valence-corrected chi connectivity index (χ1v) is 8.27. The van der Waals surface area contributed by atoms with Crippen molar-refractivity contribution in [2.75, 3.05) is 27.4 Å². The topological polar surface area (TPSA) is 39.7 Å². The summed E-state index contributed by atoms with van der Waals surface area (Å²) < 4.78 is 16.3. The Morgan fingerprint density at radius 2 is 1.83 bits per heavy atom. The van der Waals surface area contributed by atoms with Crippen LogP contribution in [0.25, 0.3) is 0 Å². The molecule has 0 saturated heterocycles. The molecule has 0 unspecified atom stereocenters. The van der Waals surface area contributed by atoms with Gasteiger partial charge in [0.15, 0.2) is 11.5 Å². The van der Waals surface area contributed by atoms with E-state index >= 15 is 0 Å². The predicted molar refractivity (Wildman–Crippen MR) is 100.0 cm³/mol. The first kappa shape index (κ1) is 18.2. The van der Waals surface area contributed by atoms with Crippen LogP contribution in [0.5, 0.6) is 11.5 Å². The van der Waals surface area contributed by atoms with E-state index in [0.29, 0.717) is 29.7 Å². The molecule has 0 aromatic heterocycles. The molecule has 0 bridgehead atoms. The van der Waals surface area contributed by atoms with Gasteiger partial charge >= 0.3 is 0 Å². The largest absolute Gasteiger partial charge is 0.493 e. The van der Waals surface area contributed by atoms with E-state index in [0.717, 1.165) is 24.1 Å². The van der Waals surface area contributed by atoms with Crippen LogP contribution in [0, 0.1) is 0 Å². The average molecular weight is 345 g/mol. The standard InChI is InChI=1S/C19H23NO3S/c1-21-12-6-11-20-19(24)16-9-10-17(18(13-16)22-2)23-14-15-7-4-3-5-8-15/h3-5,7-10,13H,6,11-12,14H2,1-2H3,(H,20,24). The van der Waals surface area contributed by atoms with Gasteiger partial charge in [0.2, 0.25) is 0 Å². The monoisotopic (exact) mass is 345 g/mol. The Hall–Kier alpha value is -2.11. The molecule has 0 spiro atoms. The van der Waals surface area contributed by atoms with E-state index in [4.69, 9.17) is 26.4 Å². The molecule has 2 aromatic carbocycles. The fraction of sp³-hybridized carbons (Fsp3) is 0.316. The van der Waals surface area contributed by atoms with Crippen LogP contribution >= 0.6 is 12.2 Å².